The summed E-state index contributed by atoms with van der Waals surface area (Å²) in [5.41, 5.74) is 1.17. The van der Waals surface area contributed by atoms with Gasteiger partial charge in [-0.1, -0.05) is 19.8 Å². The summed E-state index contributed by atoms with van der Waals surface area (Å²) in [5, 5.41) is 15.1. The van der Waals surface area contributed by atoms with E-state index in [4.69, 9.17) is 5.11 Å². The first kappa shape index (κ1) is 12.5. The van der Waals surface area contributed by atoms with E-state index in [1.165, 1.54) is 12.1 Å². The van der Waals surface area contributed by atoms with Crippen LogP contribution in [0.25, 0.3) is 0 Å². The van der Waals surface area contributed by atoms with Gasteiger partial charge in [0.25, 0.3) is 0 Å². The summed E-state index contributed by atoms with van der Waals surface area (Å²) in [5.74, 6) is 0. The van der Waals surface area contributed by atoms with Gasteiger partial charge in [0.05, 0.1) is 5.69 Å². The van der Waals surface area contributed by atoms with Crippen LogP contribution in [0.3, 0.4) is 0 Å². The van der Waals surface area contributed by atoms with Crippen molar-refractivity contribution in [2.75, 3.05) is 18.5 Å². The van der Waals surface area contributed by atoms with Crippen molar-refractivity contribution >= 4 is 16.5 Å². The Hall–Kier alpha value is -0.610. The van der Waals surface area contributed by atoms with E-state index in [0.717, 1.165) is 37.4 Å². The first-order valence-electron chi connectivity index (χ1n) is 5.66. The van der Waals surface area contributed by atoms with E-state index < -0.39 is 0 Å². The molecule has 1 aromatic rings. The zero-order chi connectivity index (χ0) is 10.9. The first-order chi connectivity index (χ1) is 7.36. The molecule has 0 aromatic carbocycles. The molecular formula is C11H20N2OS. The fourth-order valence-electron chi connectivity index (χ4n) is 1.34. The minimum Gasteiger partial charge on any atom is -0.396 e. The number of aliphatic hydroxyl groups excluding tert-OH is 1. The van der Waals surface area contributed by atoms with Crippen LogP contribution in [-0.4, -0.2) is 23.2 Å². The first-order valence-corrected chi connectivity index (χ1v) is 6.54. The van der Waals surface area contributed by atoms with Crippen molar-refractivity contribution < 1.29 is 5.11 Å². The van der Waals surface area contributed by atoms with Gasteiger partial charge in [-0.15, -0.1) is 11.3 Å². The third-order valence-electron chi connectivity index (χ3n) is 2.28. The average molecular weight is 228 g/mol. The van der Waals surface area contributed by atoms with Crippen LogP contribution in [0.1, 0.15) is 38.3 Å². The van der Waals surface area contributed by atoms with Crippen LogP contribution in [0.5, 0.6) is 0 Å². The van der Waals surface area contributed by atoms with Crippen LogP contribution < -0.4 is 5.32 Å². The molecule has 86 valence electrons. The maximum atomic E-state index is 8.61. The predicted octanol–water partition coefficient (Wildman–Crippen LogP) is 2.67. The van der Waals surface area contributed by atoms with Crippen LogP contribution in [0.15, 0.2) is 5.38 Å². The zero-order valence-corrected chi connectivity index (χ0v) is 10.1. The highest BCUT2D eigenvalue weighted by Crippen LogP contribution is 2.15. The highest BCUT2D eigenvalue weighted by atomic mass is 32.1. The second kappa shape index (κ2) is 7.65. The number of anilines is 1. The summed E-state index contributed by atoms with van der Waals surface area (Å²) in [4.78, 5) is 4.43. The molecule has 0 saturated heterocycles. The molecule has 0 radical (unpaired) electrons. The van der Waals surface area contributed by atoms with E-state index in [9.17, 15) is 0 Å². The number of aromatic nitrogens is 1. The molecular weight excluding hydrogens is 208 g/mol. The van der Waals surface area contributed by atoms with Gasteiger partial charge in [-0.3, -0.25) is 0 Å². The molecule has 1 heterocycles. The molecule has 0 bridgehead atoms. The lowest BCUT2D eigenvalue weighted by Crippen LogP contribution is -2.01. The van der Waals surface area contributed by atoms with Crippen LogP contribution in [0.2, 0.25) is 0 Å². The molecule has 1 aromatic heterocycles. The Morgan fingerprint density at radius 3 is 2.80 bits per heavy atom. The fraction of sp³-hybridized carbons (Fsp3) is 0.727. The monoisotopic (exact) mass is 228 g/mol. The Morgan fingerprint density at radius 1 is 1.33 bits per heavy atom. The summed E-state index contributed by atoms with van der Waals surface area (Å²) >= 11 is 1.68. The van der Waals surface area contributed by atoms with Crippen LogP contribution in [0.4, 0.5) is 5.13 Å². The molecule has 15 heavy (non-hydrogen) atoms. The average Bonchev–Trinajstić information content (AvgIpc) is 2.71. The number of hydrogen-bond donors (Lipinski definition) is 2. The topological polar surface area (TPSA) is 45.1 Å². The minimum atomic E-state index is 0.319. The van der Waals surface area contributed by atoms with Crippen molar-refractivity contribution in [2.45, 2.75) is 39.0 Å². The maximum absolute atomic E-state index is 8.61. The largest absolute Gasteiger partial charge is 0.396 e. The Bertz CT molecular complexity index is 263. The maximum Gasteiger partial charge on any atom is 0.182 e. The van der Waals surface area contributed by atoms with Crippen molar-refractivity contribution in [3.8, 4) is 0 Å². The summed E-state index contributed by atoms with van der Waals surface area (Å²) in [6.07, 6.45) is 5.39. The van der Waals surface area contributed by atoms with Crippen molar-refractivity contribution in [3.05, 3.63) is 11.1 Å². The van der Waals surface area contributed by atoms with Gasteiger partial charge in [0.1, 0.15) is 0 Å². The number of rotatable bonds is 8. The quantitative estimate of drug-likeness (QED) is 0.672. The minimum absolute atomic E-state index is 0.319. The lowest BCUT2D eigenvalue weighted by molar-refractivity contribution is 0.283. The molecule has 2 N–H and O–H groups in total. The summed E-state index contributed by atoms with van der Waals surface area (Å²) in [6, 6.07) is 0. The van der Waals surface area contributed by atoms with E-state index in [-0.39, 0.29) is 0 Å². The number of nitrogens with one attached hydrogen (secondary N) is 1. The Morgan fingerprint density at radius 2 is 2.13 bits per heavy atom. The molecule has 0 fully saturated rings. The number of hydrogen-bond acceptors (Lipinski definition) is 4. The smallest absolute Gasteiger partial charge is 0.182 e. The van der Waals surface area contributed by atoms with Gasteiger partial charge in [-0.05, 0) is 19.3 Å². The normalized spacial score (nSPS) is 10.5. The van der Waals surface area contributed by atoms with Gasteiger partial charge in [0.2, 0.25) is 0 Å². The van der Waals surface area contributed by atoms with E-state index in [2.05, 4.69) is 22.6 Å². The summed E-state index contributed by atoms with van der Waals surface area (Å²) in [7, 11) is 0. The molecule has 0 amide bonds. The number of thiazole rings is 1. The standard InChI is InChI=1S/C11H20N2OS/c1-2-10-9-15-11(13-10)12-7-5-3-4-6-8-14/h9,14H,2-8H2,1H3,(H,12,13). The molecule has 0 saturated carbocycles. The highest BCUT2D eigenvalue weighted by Gasteiger charge is 1.98. The van der Waals surface area contributed by atoms with Gasteiger partial charge in [0, 0.05) is 18.5 Å². The van der Waals surface area contributed by atoms with Crippen molar-refractivity contribution in [1.29, 1.82) is 0 Å². The summed E-state index contributed by atoms with van der Waals surface area (Å²) in [6.45, 7) is 3.43. The molecule has 0 aliphatic heterocycles. The Kier molecular flexibility index (Phi) is 6.36. The molecule has 0 aliphatic rings. The second-order valence-electron chi connectivity index (χ2n) is 3.56. The van der Waals surface area contributed by atoms with Gasteiger partial charge in [0.15, 0.2) is 5.13 Å². The number of nitrogens with zero attached hydrogens (tertiary/aromatic N) is 1. The number of aliphatic hydroxyl groups is 1. The van der Waals surface area contributed by atoms with Crippen LogP contribution >= 0.6 is 11.3 Å². The van der Waals surface area contributed by atoms with Gasteiger partial charge in [-0.2, -0.15) is 0 Å². The van der Waals surface area contributed by atoms with Crippen molar-refractivity contribution in [2.24, 2.45) is 0 Å². The molecule has 0 spiro atoms. The number of aryl methyl sites for hydroxylation is 1. The highest BCUT2D eigenvalue weighted by molar-refractivity contribution is 7.13. The third kappa shape index (κ3) is 5.14. The fourth-order valence-corrected chi connectivity index (χ4v) is 2.16. The summed E-state index contributed by atoms with van der Waals surface area (Å²) < 4.78 is 0. The molecule has 0 aliphatic carbocycles. The van der Waals surface area contributed by atoms with Crippen molar-refractivity contribution in [3.63, 3.8) is 0 Å². The Labute approximate surface area is 95.6 Å². The Balaban J connectivity index is 2.04. The third-order valence-corrected chi connectivity index (χ3v) is 3.12. The van der Waals surface area contributed by atoms with Gasteiger partial charge >= 0.3 is 0 Å². The molecule has 0 atom stereocenters. The lowest BCUT2D eigenvalue weighted by atomic mass is 10.2. The van der Waals surface area contributed by atoms with E-state index in [0.29, 0.717) is 6.61 Å². The van der Waals surface area contributed by atoms with E-state index in [1.54, 1.807) is 11.3 Å². The van der Waals surface area contributed by atoms with Gasteiger partial charge < -0.3 is 10.4 Å². The van der Waals surface area contributed by atoms with Crippen LogP contribution in [0, 0.1) is 0 Å². The van der Waals surface area contributed by atoms with Gasteiger partial charge in [-0.25, -0.2) is 4.98 Å². The van der Waals surface area contributed by atoms with E-state index >= 15 is 0 Å². The second-order valence-corrected chi connectivity index (χ2v) is 4.42. The molecule has 1 rings (SSSR count). The molecule has 3 nitrogen and oxygen atoms in total. The molecule has 4 heteroatoms. The number of unbranched alkanes of at least 4 members (excludes halogenated alkanes) is 3. The lowest BCUT2D eigenvalue weighted by Gasteiger charge is -2.01. The van der Waals surface area contributed by atoms with E-state index in [1.807, 2.05) is 0 Å². The van der Waals surface area contributed by atoms with Crippen LogP contribution in [-0.2, 0) is 6.42 Å². The predicted molar refractivity (Wildman–Crippen MR) is 65.5 cm³/mol. The zero-order valence-electron chi connectivity index (χ0n) is 9.33. The molecule has 0 unspecified atom stereocenters. The SMILES string of the molecule is CCc1csc(NCCCCCCO)n1. The van der Waals surface area contributed by atoms with Crippen molar-refractivity contribution in [1.82, 2.24) is 4.98 Å².